The van der Waals surface area contributed by atoms with Gasteiger partial charge in [-0.25, -0.2) is 0 Å². The second kappa shape index (κ2) is 10.4. The van der Waals surface area contributed by atoms with Gasteiger partial charge in [0.15, 0.2) is 11.5 Å². The number of amides is 1. The largest absolute Gasteiger partial charge is 0.493 e. The van der Waals surface area contributed by atoms with E-state index in [1.807, 2.05) is 55.5 Å². The van der Waals surface area contributed by atoms with E-state index in [0.717, 1.165) is 11.3 Å². The molecule has 0 saturated heterocycles. The van der Waals surface area contributed by atoms with Crippen LogP contribution in [-0.4, -0.2) is 26.2 Å². The molecule has 0 fully saturated rings. The third-order valence-electron chi connectivity index (χ3n) is 3.24. The smallest absolute Gasteiger partial charge is 0.239 e. The molecule has 0 saturated carbocycles. The Morgan fingerprint density at radius 3 is 2.50 bits per heavy atom. The molecule has 2 aromatic rings. The summed E-state index contributed by atoms with van der Waals surface area (Å²) in [5.41, 5.74) is 1.88. The number of benzene rings is 2. The second-order valence-corrected chi connectivity index (χ2v) is 4.91. The zero-order chi connectivity index (χ0) is 16.5. The van der Waals surface area contributed by atoms with Crippen LogP contribution in [-0.2, 0) is 11.3 Å². The van der Waals surface area contributed by atoms with Crippen molar-refractivity contribution in [2.75, 3.05) is 25.6 Å². The highest BCUT2D eigenvalue weighted by atomic mass is 35.5. The molecule has 5 nitrogen and oxygen atoms in total. The van der Waals surface area contributed by atoms with Crippen molar-refractivity contribution in [3.05, 3.63) is 54.1 Å². The summed E-state index contributed by atoms with van der Waals surface area (Å²) in [7, 11) is 1.60. The first-order valence-electron chi connectivity index (χ1n) is 7.58. The van der Waals surface area contributed by atoms with Crippen LogP contribution in [0.1, 0.15) is 12.5 Å². The van der Waals surface area contributed by atoms with Crippen molar-refractivity contribution in [1.29, 1.82) is 0 Å². The molecule has 0 aromatic heterocycles. The minimum absolute atomic E-state index is 0. The van der Waals surface area contributed by atoms with Gasteiger partial charge in [-0.3, -0.25) is 4.79 Å². The van der Waals surface area contributed by atoms with Gasteiger partial charge < -0.3 is 20.1 Å². The fourth-order valence-corrected chi connectivity index (χ4v) is 2.10. The van der Waals surface area contributed by atoms with Crippen LogP contribution in [0.4, 0.5) is 5.69 Å². The van der Waals surface area contributed by atoms with Gasteiger partial charge in [-0.15, -0.1) is 12.4 Å². The van der Waals surface area contributed by atoms with Gasteiger partial charge in [-0.05, 0) is 36.8 Å². The molecule has 1 amide bonds. The number of anilines is 1. The standard InChI is InChI=1S/C18H22N2O3.ClH/c1-3-23-16-10-9-14(11-17(16)22-2)12-20-18(21)13-19-15-7-5-4-6-8-15;/h4-11,19H,3,12-13H2,1-2H3,(H,20,21);1H. The van der Waals surface area contributed by atoms with Gasteiger partial charge in [-0.1, -0.05) is 24.3 Å². The van der Waals surface area contributed by atoms with Crippen LogP contribution < -0.4 is 20.1 Å². The molecule has 6 heteroatoms. The number of carbonyl (C=O) groups is 1. The van der Waals surface area contributed by atoms with Gasteiger partial charge in [0.2, 0.25) is 5.91 Å². The maximum absolute atomic E-state index is 11.9. The molecular formula is C18H23ClN2O3. The van der Waals surface area contributed by atoms with E-state index in [9.17, 15) is 4.79 Å². The number of ether oxygens (including phenoxy) is 2. The Labute approximate surface area is 148 Å². The van der Waals surface area contributed by atoms with Gasteiger partial charge in [0.25, 0.3) is 0 Å². The Morgan fingerprint density at radius 1 is 1.08 bits per heavy atom. The zero-order valence-electron chi connectivity index (χ0n) is 13.9. The molecule has 0 atom stereocenters. The number of carbonyl (C=O) groups excluding carboxylic acids is 1. The first-order chi connectivity index (χ1) is 11.2. The summed E-state index contributed by atoms with van der Waals surface area (Å²) in [6.45, 7) is 3.18. The first-order valence-corrected chi connectivity index (χ1v) is 7.58. The predicted octanol–water partition coefficient (Wildman–Crippen LogP) is 3.24. The number of rotatable bonds is 8. The molecule has 0 heterocycles. The maximum atomic E-state index is 11.9. The fraction of sp³-hybridized carbons (Fsp3) is 0.278. The summed E-state index contributed by atoms with van der Waals surface area (Å²) < 4.78 is 10.8. The van der Waals surface area contributed by atoms with Crippen LogP contribution in [0.2, 0.25) is 0 Å². The van der Waals surface area contributed by atoms with Crippen molar-refractivity contribution in [1.82, 2.24) is 5.32 Å². The van der Waals surface area contributed by atoms with Crippen molar-refractivity contribution in [3.8, 4) is 11.5 Å². The lowest BCUT2D eigenvalue weighted by Gasteiger charge is -2.12. The maximum Gasteiger partial charge on any atom is 0.239 e. The lowest BCUT2D eigenvalue weighted by Crippen LogP contribution is -2.29. The van der Waals surface area contributed by atoms with Gasteiger partial charge in [-0.2, -0.15) is 0 Å². The van der Waals surface area contributed by atoms with E-state index in [2.05, 4.69) is 10.6 Å². The normalized spacial score (nSPS) is 9.58. The third kappa shape index (κ3) is 6.01. The molecule has 0 aliphatic rings. The lowest BCUT2D eigenvalue weighted by atomic mass is 10.2. The number of halogens is 1. The van der Waals surface area contributed by atoms with E-state index in [4.69, 9.17) is 9.47 Å². The van der Waals surface area contributed by atoms with E-state index < -0.39 is 0 Å². The number of nitrogens with one attached hydrogen (secondary N) is 2. The molecule has 0 spiro atoms. The number of para-hydroxylation sites is 1. The summed E-state index contributed by atoms with van der Waals surface area (Å²) in [4.78, 5) is 11.9. The molecular weight excluding hydrogens is 328 g/mol. The van der Waals surface area contributed by atoms with Crippen molar-refractivity contribution in [2.45, 2.75) is 13.5 Å². The number of methoxy groups -OCH3 is 1. The molecule has 0 bridgehead atoms. The Balaban J connectivity index is 0.00000288. The van der Waals surface area contributed by atoms with Gasteiger partial charge >= 0.3 is 0 Å². The average molecular weight is 351 g/mol. The molecule has 24 heavy (non-hydrogen) atoms. The molecule has 0 aliphatic heterocycles. The summed E-state index contributed by atoms with van der Waals surface area (Å²) in [5.74, 6) is 1.30. The predicted molar refractivity (Wildman–Crippen MR) is 98.2 cm³/mol. The minimum Gasteiger partial charge on any atom is -0.493 e. The highest BCUT2D eigenvalue weighted by Gasteiger charge is 2.06. The Hall–Kier alpha value is -2.40. The highest BCUT2D eigenvalue weighted by Crippen LogP contribution is 2.27. The molecule has 2 rings (SSSR count). The zero-order valence-corrected chi connectivity index (χ0v) is 14.7. The summed E-state index contributed by atoms with van der Waals surface area (Å²) >= 11 is 0. The highest BCUT2D eigenvalue weighted by molar-refractivity contribution is 5.85. The van der Waals surface area contributed by atoms with E-state index in [0.29, 0.717) is 24.7 Å². The van der Waals surface area contributed by atoms with Crippen LogP contribution in [0.3, 0.4) is 0 Å². The molecule has 2 N–H and O–H groups in total. The topological polar surface area (TPSA) is 59.6 Å². The van der Waals surface area contributed by atoms with Crippen LogP contribution in [0, 0.1) is 0 Å². The van der Waals surface area contributed by atoms with Crippen LogP contribution in [0.25, 0.3) is 0 Å². The first kappa shape index (κ1) is 19.6. The SMILES string of the molecule is CCOc1ccc(CNC(=O)CNc2ccccc2)cc1OC.Cl. The van der Waals surface area contributed by atoms with E-state index in [1.54, 1.807) is 7.11 Å². The van der Waals surface area contributed by atoms with E-state index in [-0.39, 0.29) is 24.9 Å². The molecule has 0 radical (unpaired) electrons. The monoisotopic (exact) mass is 350 g/mol. The Kier molecular flexibility index (Phi) is 8.50. The summed E-state index contributed by atoms with van der Waals surface area (Å²) in [6, 6.07) is 15.3. The second-order valence-electron chi connectivity index (χ2n) is 4.91. The number of hydrogen-bond donors (Lipinski definition) is 2. The van der Waals surface area contributed by atoms with E-state index in [1.165, 1.54) is 0 Å². The van der Waals surface area contributed by atoms with Crippen molar-refractivity contribution in [2.24, 2.45) is 0 Å². The van der Waals surface area contributed by atoms with Crippen LogP contribution >= 0.6 is 12.4 Å². The molecule has 0 aliphatic carbocycles. The minimum atomic E-state index is -0.0679. The fourth-order valence-electron chi connectivity index (χ4n) is 2.10. The molecule has 2 aromatic carbocycles. The number of hydrogen-bond acceptors (Lipinski definition) is 4. The van der Waals surface area contributed by atoms with Crippen LogP contribution in [0.5, 0.6) is 11.5 Å². The molecule has 0 unspecified atom stereocenters. The van der Waals surface area contributed by atoms with Crippen molar-refractivity contribution in [3.63, 3.8) is 0 Å². The van der Waals surface area contributed by atoms with Crippen molar-refractivity contribution < 1.29 is 14.3 Å². The Bertz CT molecular complexity index is 635. The molecule has 130 valence electrons. The quantitative estimate of drug-likeness (QED) is 0.767. The van der Waals surface area contributed by atoms with Gasteiger partial charge in [0.05, 0.1) is 20.3 Å². The third-order valence-corrected chi connectivity index (χ3v) is 3.24. The van der Waals surface area contributed by atoms with Crippen LogP contribution in [0.15, 0.2) is 48.5 Å². The van der Waals surface area contributed by atoms with Gasteiger partial charge in [0, 0.05) is 12.2 Å². The summed E-state index contributed by atoms with van der Waals surface area (Å²) in [5, 5.41) is 5.95. The van der Waals surface area contributed by atoms with E-state index >= 15 is 0 Å². The van der Waals surface area contributed by atoms with Crippen molar-refractivity contribution >= 4 is 24.0 Å². The average Bonchev–Trinajstić information content (AvgIpc) is 2.60. The van der Waals surface area contributed by atoms with Gasteiger partial charge in [0.1, 0.15) is 0 Å². The Morgan fingerprint density at radius 2 is 1.83 bits per heavy atom. The summed E-state index contributed by atoms with van der Waals surface area (Å²) in [6.07, 6.45) is 0. The lowest BCUT2D eigenvalue weighted by molar-refractivity contribution is -0.119.